The molecule has 33 heavy (non-hydrogen) atoms. The maximum atomic E-state index is 13.6. The molecule has 0 N–H and O–H groups in total. The van der Waals surface area contributed by atoms with Crippen LogP contribution in [-0.4, -0.2) is 25.0 Å². The minimum Gasteiger partial charge on any atom is -0.493 e. The first kappa shape index (κ1) is 21.9. The maximum Gasteiger partial charge on any atom is 0.231 e. The number of para-hydroxylation sites is 2. The average Bonchev–Trinajstić information content (AvgIpc) is 3.29. The number of methoxy groups -OCH3 is 2. The Morgan fingerprint density at radius 1 is 0.939 bits per heavy atom. The van der Waals surface area contributed by atoms with Crippen LogP contribution in [0.4, 0.5) is 0 Å². The fraction of sp³-hybridized carbons (Fsp3) is 0.111. The van der Waals surface area contributed by atoms with Crippen molar-refractivity contribution in [1.29, 1.82) is 0 Å². The Bertz CT molecular complexity index is 1300. The molecule has 6 nitrogen and oxygen atoms in total. The molecular formula is C27H23NO5. The van der Waals surface area contributed by atoms with Gasteiger partial charge in [-0.05, 0) is 67.1 Å². The van der Waals surface area contributed by atoms with E-state index < -0.39 is 0 Å². The van der Waals surface area contributed by atoms with Gasteiger partial charge in [0.2, 0.25) is 5.89 Å². The van der Waals surface area contributed by atoms with E-state index in [1.165, 1.54) is 0 Å². The summed E-state index contributed by atoms with van der Waals surface area (Å²) in [5.74, 6) is 1.80. The van der Waals surface area contributed by atoms with Gasteiger partial charge in [-0.15, -0.1) is 0 Å². The highest BCUT2D eigenvalue weighted by molar-refractivity contribution is 6.31. The van der Waals surface area contributed by atoms with E-state index in [1.807, 2.05) is 37.3 Å². The van der Waals surface area contributed by atoms with E-state index in [1.54, 1.807) is 69.0 Å². The van der Waals surface area contributed by atoms with Crippen molar-refractivity contribution >= 4 is 28.5 Å². The molecule has 0 unspecified atom stereocenters. The number of hydrogen-bond acceptors (Lipinski definition) is 6. The largest absolute Gasteiger partial charge is 0.493 e. The molecule has 3 aromatic carbocycles. The number of oxazole rings is 1. The zero-order valence-corrected chi connectivity index (χ0v) is 18.6. The average molecular weight is 441 g/mol. The van der Waals surface area contributed by atoms with E-state index in [0.717, 1.165) is 5.56 Å². The Balaban J connectivity index is 1.79. The van der Waals surface area contributed by atoms with Crippen LogP contribution in [-0.2, 0) is 0 Å². The Labute approximate surface area is 191 Å². The second-order valence-electron chi connectivity index (χ2n) is 7.10. The predicted molar refractivity (Wildman–Crippen MR) is 128 cm³/mol. The minimum absolute atomic E-state index is 0.228. The van der Waals surface area contributed by atoms with E-state index in [0.29, 0.717) is 39.5 Å². The number of carbonyl (C=O) groups excluding carboxylic acids is 1. The molecule has 0 atom stereocenters. The number of Topliss-reactive ketones (excluding diaryl/α,β-unsaturated/α-hetero) is 1. The highest BCUT2D eigenvalue weighted by Crippen LogP contribution is 2.31. The van der Waals surface area contributed by atoms with Crippen LogP contribution in [0.5, 0.6) is 17.2 Å². The quantitative estimate of drug-likeness (QED) is 0.185. The molecule has 0 spiro atoms. The van der Waals surface area contributed by atoms with E-state index >= 15 is 0 Å². The van der Waals surface area contributed by atoms with Gasteiger partial charge < -0.3 is 18.6 Å². The number of aromatic nitrogens is 1. The lowest BCUT2D eigenvalue weighted by atomic mass is 10.0. The SMILES string of the molecule is CC=COc1ccc(C(=O)C(=Cc2ccc(OC)c(OC)c2)c2nc3ccccc3o2)cc1. The monoisotopic (exact) mass is 441 g/mol. The summed E-state index contributed by atoms with van der Waals surface area (Å²) >= 11 is 0. The van der Waals surface area contributed by atoms with Gasteiger partial charge in [0.25, 0.3) is 0 Å². The van der Waals surface area contributed by atoms with Crippen LogP contribution in [0.3, 0.4) is 0 Å². The normalized spacial score (nSPS) is 11.7. The summed E-state index contributed by atoms with van der Waals surface area (Å²) in [6.07, 6.45) is 5.10. The van der Waals surface area contributed by atoms with Crippen LogP contribution in [0, 0.1) is 0 Å². The van der Waals surface area contributed by atoms with Crippen LogP contribution in [0.1, 0.15) is 28.7 Å². The van der Waals surface area contributed by atoms with Crippen LogP contribution >= 0.6 is 0 Å². The number of ketones is 1. The highest BCUT2D eigenvalue weighted by atomic mass is 16.5. The first-order valence-electron chi connectivity index (χ1n) is 10.3. The first-order valence-corrected chi connectivity index (χ1v) is 10.3. The summed E-state index contributed by atoms with van der Waals surface area (Å²) in [5.41, 5.74) is 2.82. The van der Waals surface area contributed by atoms with Crippen molar-refractivity contribution in [2.45, 2.75) is 6.92 Å². The first-order chi connectivity index (χ1) is 16.1. The molecule has 0 fully saturated rings. The third-order valence-electron chi connectivity index (χ3n) is 4.94. The van der Waals surface area contributed by atoms with Crippen molar-refractivity contribution in [2.75, 3.05) is 14.2 Å². The second-order valence-corrected chi connectivity index (χ2v) is 7.10. The summed E-state index contributed by atoms with van der Waals surface area (Å²) in [7, 11) is 3.14. The van der Waals surface area contributed by atoms with Crippen molar-refractivity contribution in [3.8, 4) is 17.2 Å². The highest BCUT2D eigenvalue weighted by Gasteiger charge is 2.21. The summed E-state index contributed by atoms with van der Waals surface area (Å²) in [4.78, 5) is 18.1. The summed E-state index contributed by atoms with van der Waals surface area (Å²) in [6.45, 7) is 1.86. The van der Waals surface area contributed by atoms with Gasteiger partial charge in [0, 0.05) is 5.56 Å². The lowest BCUT2D eigenvalue weighted by Crippen LogP contribution is -2.03. The van der Waals surface area contributed by atoms with E-state index in [-0.39, 0.29) is 11.7 Å². The number of ether oxygens (including phenoxy) is 3. The molecule has 0 aliphatic rings. The molecule has 1 heterocycles. The third kappa shape index (κ3) is 4.80. The molecule has 0 saturated carbocycles. The van der Waals surface area contributed by atoms with Crippen LogP contribution in [0.15, 0.2) is 83.5 Å². The molecule has 4 rings (SSSR count). The zero-order chi connectivity index (χ0) is 23.2. The van der Waals surface area contributed by atoms with E-state index in [4.69, 9.17) is 18.6 Å². The lowest BCUT2D eigenvalue weighted by Gasteiger charge is -2.09. The van der Waals surface area contributed by atoms with E-state index in [9.17, 15) is 4.79 Å². The summed E-state index contributed by atoms with van der Waals surface area (Å²) in [6, 6.07) is 19.7. The number of allylic oxidation sites excluding steroid dienone is 2. The van der Waals surface area contributed by atoms with Gasteiger partial charge in [0.05, 0.1) is 26.1 Å². The van der Waals surface area contributed by atoms with Gasteiger partial charge in [-0.25, -0.2) is 4.98 Å². The molecule has 0 aliphatic heterocycles. The fourth-order valence-corrected chi connectivity index (χ4v) is 3.31. The van der Waals surface area contributed by atoms with Gasteiger partial charge in [-0.2, -0.15) is 0 Å². The maximum absolute atomic E-state index is 13.6. The number of fused-ring (bicyclic) bond motifs is 1. The number of hydrogen-bond donors (Lipinski definition) is 0. The van der Waals surface area contributed by atoms with Crippen molar-refractivity contribution in [1.82, 2.24) is 4.98 Å². The Kier molecular flexibility index (Phi) is 6.55. The molecule has 166 valence electrons. The molecule has 0 aliphatic carbocycles. The Morgan fingerprint density at radius 2 is 1.70 bits per heavy atom. The van der Waals surface area contributed by atoms with Crippen molar-refractivity contribution in [3.05, 3.63) is 96.1 Å². The Morgan fingerprint density at radius 3 is 2.39 bits per heavy atom. The lowest BCUT2D eigenvalue weighted by molar-refractivity contribution is 0.105. The van der Waals surface area contributed by atoms with Gasteiger partial charge in [-0.3, -0.25) is 4.79 Å². The molecule has 6 heteroatoms. The number of benzene rings is 3. The molecular weight excluding hydrogens is 418 g/mol. The van der Waals surface area contributed by atoms with Gasteiger partial charge in [0.1, 0.15) is 11.3 Å². The van der Waals surface area contributed by atoms with Crippen molar-refractivity contribution in [3.63, 3.8) is 0 Å². The van der Waals surface area contributed by atoms with Crippen LogP contribution in [0.25, 0.3) is 22.7 Å². The zero-order valence-electron chi connectivity index (χ0n) is 18.6. The molecule has 4 aromatic rings. The number of rotatable bonds is 8. The smallest absolute Gasteiger partial charge is 0.231 e. The fourth-order valence-electron chi connectivity index (χ4n) is 3.31. The van der Waals surface area contributed by atoms with Gasteiger partial charge in [0.15, 0.2) is 22.9 Å². The minimum atomic E-state index is -0.228. The second kappa shape index (κ2) is 9.87. The number of carbonyl (C=O) groups is 1. The molecule has 0 amide bonds. The van der Waals surface area contributed by atoms with Crippen molar-refractivity contribution < 1.29 is 23.4 Å². The topological polar surface area (TPSA) is 70.8 Å². The van der Waals surface area contributed by atoms with Gasteiger partial charge >= 0.3 is 0 Å². The standard InChI is InChI=1S/C27H23NO5/c1-4-15-32-20-12-10-19(11-13-20)26(29)21(27-28-22-7-5-6-8-23(22)33-27)16-18-9-14-24(30-2)25(17-18)31-3/h4-17H,1-3H3. The van der Waals surface area contributed by atoms with Gasteiger partial charge in [-0.1, -0.05) is 24.3 Å². The van der Waals surface area contributed by atoms with E-state index in [2.05, 4.69) is 4.98 Å². The van der Waals surface area contributed by atoms with Crippen LogP contribution in [0.2, 0.25) is 0 Å². The molecule has 0 saturated heterocycles. The summed E-state index contributed by atoms with van der Waals surface area (Å²) in [5, 5.41) is 0. The van der Waals surface area contributed by atoms with Crippen LogP contribution < -0.4 is 14.2 Å². The summed E-state index contributed by atoms with van der Waals surface area (Å²) < 4.78 is 22.1. The van der Waals surface area contributed by atoms with Crippen molar-refractivity contribution in [2.24, 2.45) is 0 Å². The molecule has 0 radical (unpaired) electrons. The Hall–Kier alpha value is -4.32. The number of nitrogens with zero attached hydrogens (tertiary/aromatic N) is 1. The molecule has 1 aromatic heterocycles. The predicted octanol–water partition coefficient (Wildman–Crippen LogP) is 6.18. The molecule has 0 bridgehead atoms. The third-order valence-corrected chi connectivity index (χ3v) is 4.94.